The van der Waals surface area contributed by atoms with Crippen molar-refractivity contribution < 1.29 is 9.53 Å². The molecule has 2 N–H and O–H groups in total. The molecule has 0 saturated carbocycles. The quantitative estimate of drug-likeness (QED) is 0.643. The Bertz CT molecular complexity index is 468. The molecule has 1 aromatic carbocycles. The van der Waals surface area contributed by atoms with Gasteiger partial charge in [-0.2, -0.15) is 0 Å². The van der Waals surface area contributed by atoms with Crippen molar-refractivity contribution in [3.8, 4) is 5.75 Å². The summed E-state index contributed by atoms with van der Waals surface area (Å²) in [6.07, 6.45) is 1.23. The second kappa shape index (κ2) is 7.17. The first-order chi connectivity index (χ1) is 9.32. The van der Waals surface area contributed by atoms with Gasteiger partial charge in [0, 0.05) is 26.2 Å². The zero-order valence-corrected chi connectivity index (χ0v) is 13.2. The first-order valence-corrected chi connectivity index (χ1v) is 7.06. The minimum absolute atomic E-state index is 0.131. The van der Waals surface area contributed by atoms with Crippen LogP contribution < -0.4 is 10.5 Å². The molecule has 0 aliphatic carbocycles. The fourth-order valence-electron chi connectivity index (χ4n) is 1.92. The number of benzene rings is 1. The van der Waals surface area contributed by atoms with Gasteiger partial charge < -0.3 is 15.4 Å². The Morgan fingerprint density at radius 2 is 2.00 bits per heavy atom. The number of ether oxygens (including phenoxy) is 1. The first-order valence-electron chi connectivity index (χ1n) is 7.06. The Balaban J connectivity index is 2.63. The van der Waals surface area contributed by atoms with Crippen molar-refractivity contribution in [1.29, 1.82) is 0 Å². The molecule has 0 bridgehead atoms. The van der Waals surface area contributed by atoms with E-state index in [-0.39, 0.29) is 5.91 Å². The van der Waals surface area contributed by atoms with Crippen molar-refractivity contribution in [1.82, 2.24) is 4.90 Å². The zero-order valence-electron chi connectivity index (χ0n) is 13.2. The Morgan fingerprint density at radius 3 is 2.55 bits per heavy atom. The Morgan fingerprint density at radius 1 is 1.35 bits per heavy atom. The molecule has 0 unspecified atom stereocenters. The van der Waals surface area contributed by atoms with E-state index in [0.717, 1.165) is 29.0 Å². The lowest BCUT2D eigenvalue weighted by Gasteiger charge is -2.16. The van der Waals surface area contributed by atoms with Crippen LogP contribution in [-0.2, 0) is 4.79 Å². The lowest BCUT2D eigenvalue weighted by molar-refractivity contribution is -0.128. The molecule has 0 saturated heterocycles. The molecule has 4 nitrogen and oxygen atoms in total. The molecule has 0 aliphatic rings. The maximum Gasteiger partial charge on any atom is 0.222 e. The summed E-state index contributed by atoms with van der Waals surface area (Å²) in [5.41, 5.74) is 8.88. The molecule has 20 heavy (non-hydrogen) atoms. The van der Waals surface area contributed by atoms with Gasteiger partial charge >= 0.3 is 0 Å². The fraction of sp³-hybridized carbons (Fsp3) is 0.562. The van der Waals surface area contributed by atoms with Crippen LogP contribution in [0.4, 0.5) is 5.69 Å². The predicted molar refractivity (Wildman–Crippen MR) is 83.1 cm³/mol. The van der Waals surface area contributed by atoms with Crippen molar-refractivity contribution in [2.45, 2.75) is 39.5 Å². The van der Waals surface area contributed by atoms with Crippen LogP contribution in [0, 0.1) is 6.92 Å². The number of amides is 1. The molecule has 0 aliphatic heterocycles. The predicted octanol–water partition coefficient (Wildman–Crippen LogP) is 2.95. The van der Waals surface area contributed by atoms with E-state index in [1.807, 2.05) is 19.1 Å². The second-order valence-corrected chi connectivity index (χ2v) is 5.64. The van der Waals surface area contributed by atoms with Crippen LogP contribution in [0.1, 0.15) is 43.7 Å². The van der Waals surface area contributed by atoms with Gasteiger partial charge in [0.05, 0.1) is 6.61 Å². The van der Waals surface area contributed by atoms with Crippen LogP contribution in [-0.4, -0.2) is 31.5 Å². The van der Waals surface area contributed by atoms with E-state index in [2.05, 4.69) is 13.8 Å². The first kappa shape index (κ1) is 16.3. The van der Waals surface area contributed by atoms with E-state index in [0.29, 0.717) is 18.9 Å². The number of hydrogen-bond donors (Lipinski definition) is 1. The van der Waals surface area contributed by atoms with E-state index >= 15 is 0 Å². The molecule has 0 fully saturated rings. The summed E-state index contributed by atoms with van der Waals surface area (Å²) in [7, 11) is 3.53. The lowest BCUT2D eigenvalue weighted by Crippen LogP contribution is -2.21. The molecular formula is C16H26N2O2. The summed E-state index contributed by atoms with van der Waals surface area (Å²) < 4.78 is 5.84. The largest absolute Gasteiger partial charge is 0.493 e. The topological polar surface area (TPSA) is 55.6 Å². The van der Waals surface area contributed by atoms with Gasteiger partial charge in [0.1, 0.15) is 5.75 Å². The average molecular weight is 278 g/mol. The summed E-state index contributed by atoms with van der Waals surface area (Å²) >= 11 is 0. The number of carbonyl (C=O) groups is 1. The Hall–Kier alpha value is -1.71. The Kier molecular flexibility index (Phi) is 5.86. The highest BCUT2D eigenvalue weighted by Crippen LogP contribution is 2.31. The summed E-state index contributed by atoms with van der Waals surface area (Å²) in [5.74, 6) is 1.37. The van der Waals surface area contributed by atoms with Crippen LogP contribution in [0.25, 0.3) is 0 Å². The van der Waals surface area contributed by atoms with Crippen molar-refractivity contribution in [3.63, 3.8) is 0 Å². The fourth-order valence-corrected chi connectivity index (χ4v) is 1.92. The standard InChI is InChI=1S/C16H26N2O2/c1-11(2)13-10-14(17)12(3)9-15(13)20-8-6-7-16(19)18(4)5/h9-11H,6-8,17H2,1-5H3. The summed E-state index contributed by atoms with van der Waals surface area (Å²) in [6, 6.07) is 3.97. The minimum Gasteiger partial charge on any atom is -0.493 e. The molecule has 0 radical (unpaired) electrons. The molecular weight excluding hydrogens is 252 g/mol. The van der Waals surface area contributed by atoms with Crippen LogP contribution in [0.2, 0.25) is 0 Å². The molecule has 0 aromatic heterocycles. The number of aryl methyl sites for hydroxylation is 1. The summed E-state index contributed by atoms with van der Waals surface area (Å²) in [5, 5.41) is 0. The number of anilines is 1. The van der Waals surface area contributed by atoms with E-state index < -0.39 is 0 Å². The normalized spacial score (nSPS) is 10.7. The molecule has 0 spiro atoms. The second-order valence-electron chi connectivity index (χ2n) is 5.64. The van der Waals surface area contributed by atoms with Crippen LogP contribution in [0.5, 0.6) is 5.75 Å². The minimum atomic E-state index is 0.131. The molecule has 0 heterocycles. The van der Waals surface area contributed by atoms with E-state index in [1.54, 1.807) is 19.0 Å². The third-order valence-corrected chi connectivity index (χ3v) is 3.31. The van der Waals surface area contributed by atoms with Crippen molar-refractivity contribution in [2.24, 2.45) is 0 Å². The summed E-state index contributed by atoms with van der Waals surface area (Å²) in [6.45, 7) is 6.75. The highest BCUT2D eigenvalue weighted by Gasteiger charge is 2.11. The van der Waals surface area contributed by atoms with E-state index in [4.69, 9.17) is 10.5 Å². The number of nitrogens with two attached hydrogens (primary N) is 1. The third-order valence-electron chi connectivity index (χ3n) is 3.31. The van der Waals surface area contributed by atoms with Crippen LogP contribution in [0.3, 0.4) is 0 Å². The average Bonchev–Trinajstić information content (AvgIpc) is 2.37. The number of rotatable bonds is 6. The monoisotopic (exact) mass is 278 g/mol. The maximum atomic E-state index is 11.5. The van der Waals surface area contributed by atoms with Gasteiger partial charge in [-0.25, -0.2) is 0 Å². The van der Waals surface area contributed by atoms with Crippen molar-refractivity contribution in [3.05, 3.63) is 23.3 Å². The highest BCUT2D eigenvalue weighted by molar-refractivity contribution is 5.75. The molecule has 1 rings (SSSR count). The molecule has 1 amide bonds. The van der Waals surface area contributed by atoms with Gasteiger partial charge in [0.2, 0.25) is 5.91 Å². The van der Waals surface area contributed by atoms with Crippen molar-refractivity contribution in [2.75, 3.05) is 26.4 Å². The SMILES string of the molecule is Cc1cc(OCCCC(=O)N(C)C)c(C(C)C)cc1N. The highest BCUT2D eigenvalue weighted by atomic mass is 16.5. The van der Waals surface area contributed by atoms with Gasteiger partial charge in [-0.15, -0.1) is 0 Å². The van der Waals surface area contributed by atoms with E-state index in [1.165, 1.54) is 0 Å². The number of carbonyl (C=O) groups excluding carboxylic acids is 1. The summed E-state index contributed by atoms with van der Waals surface area (Å²) in [4.78, 5) is 13.1. The lowest BCUT2D eigenvalue weighted by atomic mass is 9.99. The van der Waals surface area contributed by atoms with Crippen LogP contribution in [0.15, 0.2) is 12.1 Å². The van der Waals surface area contributed by atoms with E-state index in [9.17, 15) is 4.79 Å². The number of nitrogens with zero attached hydrogens (tertiary/aromatic N) is 1. The molecule has 4 heteroatoms. The zero-order chi connectivity index (χ0) is 15.3. The Labute approximate surface area is 121 Å². The number of hydrogen-bond acceptors (Lipinski definition) is 3. The molecule has 112 valence electrons. The smallest absolute Gasteiger partial charge is 0.222 e. The van der Waals surface area contributed by atoms with Crippen LogP contribution >= 0.6 is 0 Å². The van der Waals surface area contributed by atoms with Gasteiger partial charge in [0.15, 0.2) is 0 Å². The number of nitrogen functional groups attached to an aromatic ring is 1. The van der Waals surface area contributed by atoms with Gasteiger partial charge in [-0.05, 0) is 42.5 Å². The van der Waals surface area contributed by atoms with Gasteiger partial charge in [-0.3, -0.25) is 4.79 Å². The molecule has 1 aromatic rings. The van der Waals surface area contributed by atoms with Gasteiger partial charge in [0.25, 0.3) is 0 Å². The molecule has 0 atom stereocenters. The maximum absolute atomic E-state index is 11.5. The third kappa shape index (κ3) is 4.44. The van der Waals surface area contributed by atoms with Crippen molar-refractivity contribution >= 4 is 11.6 Å². The van der Waals surface area contributed by atoms with Gasteiger partial charge in [-0.1, -0.05) is 13.8 Å².